The van der Waals surface area contributed by atoms with Crippen LogP contribution in [0.4, 0.5) is 0 Å². The number of phosphoric acid groups is 1. The molecule has 0 aromatic heterocycles. The van der Waals surface area contributed by atoms with Crippen molar-refractivity contribution in [3.05, 3.63) is 85.1 Å². The minimum absolute atomic E-state index is 0.0134. The maximum Gasteiger partial charge on any atom is 0.472 e. The lowest BCUT2D eigenvalue weighted by Gasteiger charge is -2.24. The third-order valence-corrected chi connectivity index (χ3v) is 9.90. The minimum Gasteiger partial charge on any atom is -0.462 e. The number of phosphoric ester groups is 1. The molecule has 0 amide bonds. The van der Waals surface area contributed by atoms with E-state index in [1.807, 2.05) is 33.3 Å². The van der Waals surface area contributed by atoms with Gasteiger partial charge in [0.25, 0.3) is 0 Å². The van der Waals surface area contributed by atoms with Crippen LogP contribution in [0, 0.1) is 0 Å². The van der Waals surface area contributed by atoms with Crippen LogP contribution in [0.5, 0.6) is 0 Å². The summed E-state index contributed by atoms with van der Waals surface area (Å²) in [5.74, 6) is -0.919. The van der Waals surface area contributed by atoms with E-state index in [0.29, 0.717) is 23.9 Å². The lowest BCUT2D eigenvalue weighted by atomic mass is 10.1. The average Bonchev–Trinajstić information content (AvgIpc) is 3.17. The molecule has 0 aromatic rings. The molecule has 0 heterocycles. The molecule has 2 atom stereocenters. The number of rotatable bonds is 39. The summed E-state index contributed by atoms with van der Waals surface area (Å²) in [5.41, 5.74) is 0. The quantitative estimate of drug-likeness (QED) is 0.0214. The molecule has 0 aromatic carbocycles. The van der Waals surface area contributed by atoms with Gasteiger partial charge in [0.15, 0.2) is 6.10 Å². The number of carbonyl (C=O) groups excluding carboxylic acids is 2. The van der Waals surface area contributed by atoms with Gasteiger partial charge in [-0.1, -0.05) is 144 Å². The molecule has 332 valence electrons. The maximum absolute atomic E-state index is 12.7. The second kappa shape index (κ2) is 39.6. The van der Waals surface area contributed by atoms with E-state index >= 15 is 0 Å². The molecule has 0 rings (SSSR count). The second-order valence-corrected chi connectivity index (χ2v) is 17.2. The predicted molar refractivity (Wildman–Crippen MR) is 242 cm³/mol. The van der Waals surface area contributed by atoms with E-state index in [9.17, 15) is 19.0 Å². The number of nitrogens with zero attached hydrogens (tertiary/aromatic N) is 1. The lowest BCUT2D eigenvalue weighted by Crippen LogP contribution is -2.37. The van der Waals surface area contributed by atoms with E-state index in [4.69, 9.17) is 18.5 Å². The monoisotopic (exact) mass is 833 g/mol. The first-order chi connectivity index (χ1) is 28.0. The molecule has 9 nitrogen and oxygen atoms in total. The summed E-state index contributed by atoms with van der Waals surface area (Å²) in [6, 6.07) is 0. The van der Waals surface area contributed by atoms with Crippen LogP contribution in [0.3, 0.4) is 0 Å². The van der Waals surface area contributed by atoms with E-state index in [1.165, 1.54) is 51.4 Å². The fourth-order valence-electron chi connectivity index (χ4n) is 5.38. The number of ether oxygens (including phenoxy) is 2. The van der Waals surface area contributed by atoms with Gasteiger partial charge in [-0.05, 0) is 83.5 Å². The van der Waals surface area contributed by atoms with Crippen molar-refractivity contribution in [2.24, 2.45) is 0 Å². The van der Waals surface area contributed by atoms with E-state index in [2.05, 4.69) is 86.8 Å². The number of hydrogen-bond acceptors (Lipinski definition) is 7. The molecule has 0 aliphatic carbocycles. The van der Waals surface area contributed by atoms with Crippen LogP contribution in [0.25, 0.3) is 0 Å². The zero-order valence-corrected chi connectivity index (χ0v) is 38.1. The van der Waals surface area contributed by atoms with Gasteiger partial charge < -0.3 is 18.9 Å². The molecule has 0 aliphatic rings. The zero-order valence-electron chi connectivity index (χ0n) is 37.2. The summed E-state index contributed by atoms with van der Waals surface area (Å²) < 4.78 is 34.2. The van der Waals surface area contributed by atoms with Crippen LogP contribution < -0.4 is 0 Å². The fraction of sp³-hybridized carbons (Fsp3) is 0.667. The summed E-state index contributed by atoms with van der Waals surface area (Å²) in [5, 5.41) is 0. The molecule has 0 saturated heterocycles. The van der Waals surface area contributed by atoms with Crippen LogP contribution >= 0.6 is 7.82 Å². The van der Waals surface area contributed by atoms with Crippen molar-refractivity contribution in [3.63, 3.8) is 0 Å². The molecule has 0 spiro atoms. The highest BCUT2D eigenvalue weighted by Gasteiger charge is 2.27. The normalized spacial score (nSPS) is 14.4. The Kier molecular flexibility index (Phi) is 37.7. The molecule has 1 N–H and O–H groups in total. The summed E-state index contributed by atoms with van der Waals surface area (Å²) in [6.45, 7) is 4.24. The number of allylic oxidation sites excluding steroid dienone is 14. The van der Waals surface area contributed by atoms with Gasteiger partial charge in [0.1, 0.15) is 19.8 Å². The molecule has 1 unspecified atom stereocenters. The van der Waals surface area contributed by atoms with E-state index < -0.39 is 32.5 Å². The van der Waals surface area contributed by atoms with E-state index in [1.54, 1.807) is 0 Å². The Labute approximate surface area is 354 Å². The highest BCUT2D eigenvalue weighted by Crippen LogP contribution is 2.43. The summed E-state index contributed by atoms with van der Waals surface area (Å²) in [7, 11) is 1.41. The van der Waals surface area contributed by atoms with Crippen molar-refractivity contribution in [2.45, 2.75) is 161 Å². The van der Waals surface area contributed by atoms with Crippen LogP contribution in [-0.2, 0) is 32.7 Å². The Balaban J connectivity index is 4.52. The average molecular weight is 833 g/mol. The summed E-state index contributed by atoms with van der Waals surface area (Å²) in [4.78, 5) is 35.3. The SMILES string of the molecule is CCCCC/C=C\C/C=C\C/C=C\C/C=C\C/C=C\CCC(=O)OC[C@H](COP(=O)(O)OCC[N+](C)(C)C)OC(=O)CCCCCCC/C=C\C/C=C\CCCCC. The Morgan fingerprint density at radius 1 is 0.534 bits per heavy atom. The van der Waals surface area contributed by atoms with Gasteiger partial charge in [-0.2, -0.15) is 0 Å². The van der Waals surface area contributed by atoms with Crippen LogP contribution in [-0.4, -0.2) is 74.9 Å². The molecular weight excluding hydrogens is 750 g/mol. The van der Waals surface area contributed by atoms with Crippen molar-refractivity contribution >= 4 is 19.8 Å². The maximum atomic E-state index is 12.7. The van der Waals surface area contributed by atoms with Gasteiger partial charge in [-0.15, -0.1) is 0 Å². The number of esters is 2. The summed E-state index contributed by atoms with van der Waals surface area (Å²) in [6.07, 6.45) is 50.7. The molecule has 0 aliphatic heterocycles. The van der Waals surface area contributed by atoms with Crippen LogP contribution in [0.1, 0.15) is 155 Å². The standard InChI is InChI=1S/C48H82NO8P/c1-6-8-10-12-14-16-18-20-22-23-24-25-27-28-30-32-34-36-38-40-47(50)54-44-46(45-56-58(52,53)55-43-42-49(3,4)5)57-48(51)41-39-37-35-33-31-29-26-21-19-17-15-13-11-9-7-2/h14-17,20-22,24-26,28,30,34,36,46H,6-13,18-19,23,27,29,31-33,35,37-45H2,1-5H3/p+1/b16-14-,17-15-,22-20-,25-24-,26-21-,30-28-,36-34-/t46-/m1/s1. The molecule has 0 saturated carbocycles. The topological polar surface area (TPSA) is 108 Å². The molecule has 0 bridgehead atoms. The Morgan fingerprint density at radius 3 is 1.45 bits per heavy atom. The predicted octanol–water partition coefficient (Wildman–Crippen LogP) is 12.8. The fourth-order valence-corrected chi connectivity index (χ4v) is 6.12. The highest BCUT2D eigenvalue weighted by atomic mass is 31.2. The highest BCUT2D eigenvalue weighted by molar-refractivity contribution is 7.47. The number of hydrogen-bond donors (Lipinski definition) is 1. The van der Waals surface area contributed by atoms with Crippen molar-refractivity contribution in [3.8, 4) is 0 Å². The smallest absolute Gasteiger partial charge is 0.462 e. The lowest BCUT2D eigenvalue weighted by molar-refractivity contribution is -0.870. The van der Waals surface area contributed by atoms with Crippen molar-refractivity contribution in [1.82, 2.24) is 0 Å². The van der Waals surface area contributed by atoms with Gasteiger partial charge in [0.2, 0.25) is 0 Å². The Morgan fingerprint density at radius 2 is 0.966 bits per heavy atom. The van der Waals surface area contributed by atoms with Crippen molar-refractivity contribution in [1.29, 1.82) is 0 Å². The third kappa shape index (κ3) is 42.8. The third-order valence-electron chi connectivity index (χ3n) is 8.91. The largest absolute Gasteiger partial charge is 0.472 e. The number of likely N-dealkylation sites (N-methyl/N-ethyl adjacent to an activating group) is 1. The molecule has 58 heavy (non-hydrogen) atoms. The van der Waals surface area contributed by atoms with Gasteiger partial charge in [-0.3, -0.25) is 18.6 Å². The Bertz CT molecular complexity index is 1260. The van der Waals surface area contributed by atoms with E-state index in [0.717, 1.165) is 64.2 Å². The van der Waals surface area contributed by atoms with Gasteiger partial charge >= 0.3 is 19.8 Å². The first-order valence-corrected chi connectivity index (χ1v) is 23.8. The summed E-state index contributed by atoms with van der Waals surface area (Å²) >= 11 is 0. The minimum atomic E-state index is -4.40. The van der Waals surface area contributed by atoms with Crippen molar-refractivity contribution in [2.75, 3.05) is 47.5 Å². The Hall–Kier alpha value is -2.81. The first-order valence-electron chi connectivity index (χ1n) is 22.3. The number of unbranched alkanes of at least 4 members (excludes halogenated alkanes) is 11. The van der Waals surface area contributed by atoms with Crippen LogP contribution in [0.2, 0.25) is 0 Å². The van der Waals surface area contributed by atoms with Gasteiger partial charge in [0, 0.05) is 12.8 Å². The molecule has 10 heteroatoms. The number of quaternary nitrogens is 1. The molecule has 0 radical (unpaired) electrons. The van der Waals surface area contributed by atoms with Gasteiger partial charge in [0.05, 0.1) is 27.7 Å². The van der Waals surface area contributed by atoms with E-state index in [-0.39, 0.29) is 26.1 Å². The molecular formula is C48H83NO8P+. The van der Waals surface area contributed by atoms with Gasteiger partial charge in [-0.25, -0.2) is 4.57 Å². The second-order valence-electron chi connectivity index (χ2n) is 15.7. The molecule has 0 fully saturated rings. The first kappa shape index (κ1) is 55.2. The van der Waals surface area contributed by atoms with Crippen molar-refractivity contribution < 1.29 is 42.1 Å². The van der Waals surface area contributed by atoms with Crippen LogP contribution in [0.15, 0.2) is 85.1 Å². The zero-order chi connectivity index (χ0) is 42.8. The number of carbonyl (C=O) groups is 2.